The van der Waals surface area contributed by atoms with E-state index in [1.165, 1.54) is 12.1 Å². The Kier molecular flexibility index (Phi) is 3.98. The van der Waals surface area contributed by atoms with Crippen molar-refractivity contribution in [3.63, 3.8) is 0 Å². The molecule has 1 aromatic carbocycles. The van der Waals surface area contributed by atoms with Crippen LogP contribution in [0.15, 0.2) is 18.2 Å². The van der Waals surface area contributed by atoms with Gasteiger partial charge in [0.15, 0.2) is 5.82 Å². The number of nitrogens with two attached hydrogens (primary N) is 1. The molecule has 0 saturated heterocycles. The molecule has 2 rings (SSSR count). The molecule has 3 N–H and O–H groups in total. The van der Waals surface area contributed by atoms with E-state index in [0.717, 1.165) is 20.8 Å². The van der Waals surface area contributed by atoms with Gasteiger partial charge in [-0.2, -0.15) is 5.10 Å². The standard InChI is InChI=1S/C13H16FIN4/c1-7(2)12-11(16)13(19(3)18-12)17-10-5-4-8(14)6-9(10)15/h4-7,17H,16H2,1-3H3. The number of nitrogens with one attached hydrogen (secondary N) is 1. The van der Waals surface area contributed by atoms with Crippen LogP contribution in [0.25, 0.3) is 0 Å². The lowest BCUT2D eigenvalue weighted by Gasteiger charge is -2.10. The minimum atomic E-state index is -0.254. The molecule has 0 aliphatic carbocycles. The average molecular weight is 374 g/mol. The highest BCUT2D eigenvalue weighted by atomic mass is 127. The number of anilines is 3. The summed E-state index contributed by atoms with van der Waals surface area (Å²) >= 11 is 2.08. The van der Waals surface area contributed by atoms with E-state index >= 15 is 0 Å². The van der Waals surface area contributed by atoms with Crippen LogP contribution in [0, 0.1) is 9.39 Å². The molecule has 0 radical (unpaired) electrons. The van der Waals surface area contributed by atoms with E-state index in [-0.39, 0.29) is 11.7 Å². The van der Waals surface area contributed by atoms with Gasteiger partial charge in [0.05, 0.1) is 17.1 Å². The zero-order valence-electron chi connectivity index (χ0n) is 11.0. The van der Waals surface area contributed by atoms with E-state index in [0.29, 0.717) is 5.69 Å². The van der Waals surface area contributed by atoms with Crippen molar-refractivity contribution in [2.75, 3.05) is 11.1 Å². The van der Waals surface area contributed by atoms with Gasteiger partial charge in [0.2, 0.25) is 0 Å². The summed E-state index contributed by atoms with van der Waals surface area (Å²) in [6.07, 6.45) is 0. The molecule has 0 spiro atoms. The monoisotopic (exact) mass is 374 g/mol. The van der Waals surface area contributed by atoms with Crippen LogP contribution in [0.1, 0.15) is 25.5 Å². The van der Waals surface area contributed by atoms with E-state index in [1.807, 2.05) is 20.9 Å². The first-order chi connectivity index (χ1) is 8.90. The molecule has 0 atom stereocenters. The van der Waals surface area contributed by atoms with Crippen LogP contribution in [0.2, 0.25) is 0 Å². The van der Waals surface area contributed by atoms with Crippen LogP contribution >= 0.6 is 22.6 Å². The van der Waals surface area contributed by atoms with Gasteiger partial charge in [-0.3, -0.25) is 4.68 Å². The Balaban J connectivity index is 2.38. The maximum Gasteiger partial charge on any atom is 0.152 e. The summed E-state index contributed by atoms with van der Waals surface area (Å²) in [4.78, 5) is 0. The maximum absolute atomic E-state index is 13.1. The summed E-state index contributed by atoms with van der Waals surface area (Å²) in [6.45, 7) is 4.09. The summed E-state index contributed by atoms with van der Waals surface area (Å²) in [5.74, 6) is 0.734. The molecule has 0 aliphatic rings. The summed E-state index contributed by atoms with van der Waals surface area (Å²) in [5, 5.41) is 7.62. The van der Waals surface area contributed by atoms with Gasteiger partial charge in [0, 0.05) is 10.6 Å². The third-order valence-corrected chi connectivity index (χ3v) is 3.74. The zero-order valence-corrected chi connectivity index (χ0v) is 13.2. The van der Waals surface area contributed by atoms with E-state index in [4.69, 9.17) is 5.73 Å². The van der Waals surface area contributed by atoms with Crippen molar-refractivity contribution in [3.05, 3.63) is 33.3 Å². The van der Waals surface area contributed by atoms with Gasteiger partial charge in [-0.15, -0.1) is 0 Å². The minimum Gasteiger partial charge on any atom is -0.394 e. The fourth-order valence-electron chi connectivity index (χ4n) is 1.85. The molecule has 0 aliphatic heterocycles. The molecular formula is C13H16FIN4. The smallest absolute Gasteiger partial charge is 0.152 e. The lowest BCUT2D eigenvalue weighted by molar-refractivity contribution is 0.627. The first-order valence-electron chi connectivity index (χ1n) is 5.94. The quantitative estimate of drug-likeness (QED) is 0.808. The normalized spacial score (nSPS) is 11.1. The highest BCUT2D eigenvalue weighted by molar-refractivity contribution is 14.1. The second kappa shape index (κ2) is 5.36. The number of aryl methyl sites for hydroxylation is 1. The maximum atomic E-state index is 13.1. The minimum absolute atomic E-state index is 0.254. The number of benzene rings is 1. The summed E-state index contributed by atoms with van der Waals surface area (Å²) in [5.41, 5.74) is 8.42. The SMILES string of the molecule is CC(C)c1nn(C)c(Nc2ccc(F)cc2I)c1N. The van der Waals surface area contributed by atoms with Crippen molar-refractivity contribution in [1.82, 2.24) is 9.78 Å². The number of hydrogen-bond donors (Lipinski definition) is 2. The lowest BCUT2D eigenvalue weighted by Crippen LogP contribution is -2.02. The second-order valence-electron chi connectivity index (χ2n) is 4.67. The van der Waals surface area contributed by atoms with Crippen LogP contribution in [0.4, 0.5) is 21.6 Å². The molecule has 19 heavy (non-hydrogen) atoms. The topological polar surface area (TPSA) is 55.9 Å². The number of nitrogens with zero attached hydrogens (tertiary/aromatic N) is 2. The van der Waals surface area contributed by atoms with Gasteiger partial charge in [-0.1, -0.05) is 13.8 Å². The largest absolute Gasteiger partial charge is 0.394 e. The lowest BCUT2D eigenvalue weighted by atomic mass is 10.1. The zero-order chi connectivity index (χ0) is 14.2. The van der Waals surface area contributed by atoms with Crippen molar-refractivity contribution >= 4 is 39.8 Å². The molecule has 6 heteroatoms. The van der Waals surface area contributed by atoms with Crippen molar-refractivity contribution in [3.8, 4) is 0 Å². The summed E-state index contributed by atoms with van der Waals surface area (Å²) in [6, 6.07) is 4.58. The molecule has 1 heterocycles. The predicted octanol–water partition coefficient (Wildman–Crippen LogP) is 3.61. The Hall–Kier alpha value is -1.31. The van der Waals surface area contributed by atoms with E-state index in [1.54, 1.807) is 10.7 Å². The molecule has 0 amide bonds. The molecule has 0 bridgehead atoms. The van der Waals surface area contributed by atoms with Gasteiger partial charge in [-0.05, 0) is 46.7 Å². The fraction of sp³-hybridized carbons (Fsp3) is 0.308. The number of halogens is 2. The molecule has 0 fully saturated rings. The van der Waals surface area contributed by atoms with E-state index < -0.39 is 0 Å². The van der Waals surface area contributed by atoms with Crippen LogP contribution in [0.5, 0.6) is 0 Å². The van der Waals surface area contributed by atoms with Gasteiger partial charge < -0.3 is 11.1 Å². The van der Waals surface area contributed by atoms with Gasteiger partial charge >= 0.3 is 0 Å². The highest BCUT2D eigenvalue weighted by Crippen LogP contribution is 2.31. The predicted molar refractivity (Wildman–Crippen MR) is 84.1 cm³/mol. The first kappa shape index (κ1) is 14.1. The number of rotatable bonds is 3. The summed E-state index contributed by atoms with van der Waals surface area (Å²) in [7, 11) is 1.83. The Morgan fingerprint density at radius 3 is 2.63 bits per heavy atom. The van der Waals surface area contributed by atoms with Crippen molar-refractivity contribution in [1.29, 1.82) is 0 Å². The van der Waals surface area contributed by atoms with Crippen molar-refractivity contribution in [2.24, 2.45) is 7.05 Å². The Bertz CT molecular complexity index is 607. The Morgan fingerprint density at radius 1 is 1.42 bits per heavy atom. The number of aromatic nitrogens is 2. The van der Waals surface area contributed by atoms with Crippen LogP contribution < -0.4 is 11.1 Å². The van der Waals surface area contributed by atoms with Crippen LogP contribution in [-0.4, -0.2) is 9.78 Å². The van der Waals surface area contributed by atoms with Gasteiger partial charge in [0.25, 0.3) is 0 Å². The van der Waals surface area contributed by atoms with Gasteiger partial charge in [-0.25, -0.2) is 4.39 Å². The molecular weight excluding hydrogens is 358 g/mol. The third-order valence-electron chi connectivity index (χ3n) is 2.84. The number of nitrogen functional groups attached to an aromatic ring is 1. The number of hydrogen-bond acceptors (Lipinski definition) is 3. The molecule has 102 valence electrons. The van der Waals surface area contributed by atoms with Crippen molar-refractivity contribution < 1.29 is 4.39 Å². The summed E-state index contributed by atoms with van der Waals surface area (Å²) < 4.78 is 15.6. The third kappa shape index (κ3) is 2.83. The van der Waals surface area contributed by atoms with Crippen molar-refractivity contribution in [2.45, 2.75) is 19.8 Å². The van der Waals surface area contributed by atoms with Gasteiger partial charge in [0.1, 0.15) is 5.82 Å². The molecule has 2 aromatic rings. The van der Waals surface area contributed by atoms with E-state index in [2.05, 4.69) is 33.0 Å². The highest BCUT2D eigenvalue weighted by Gasteiger charge is 2.16. The Labute approximate surface area is 125 Å². The molecule has 1 aromatic heterocycles. The fourth-order valence-corrected chi connectivity index (χ4v) is 2.47. The average Bonchev–Trinajstić information content (AvgIpc) is 2.60. The van der Waals surface area contributed by atoms with Crippen LogP contribution in [-0.2, 0) is 7.05 Å². The van der Waals surface area contributed by atoms with Crippen LogP contribution in [0.3, 0.4) is 0 Å². The second-order valence-corrected chi connectivity index (χ2v) is 5.84. The molecule has 0 saturated carbocycles. The Morgan fingerprint density at radius 2 is 2.11 bits per heavy atom. The molecule has 4 nitrogen and oxygen atoms in total. The first-order valence-corrected chi connectivity index (χ1v) is 7.02. The molecule has 0 unspecified atom stereocenters. The van der Waals surface area contributed by atoms with E-state index in [9.17, 15) is 4.39 Å².